The highest BCUT2D eigenvalue weighted by molar-refractivity contribution is 5.58. The Morgan fingerprint density at radius 1 is 1.52 bits per heavy atom. The second-order valence-electron chi connectivity index (χ2n) is 5.05. The van der Waals surface area contributed by atoms with Crippen LogP contribution in [0.1, 0.15) is 31.9 Å². The van der Waals surface area contributed by atoms with Gasteiger partial charge in [-0.05, 0) is 30.5 Å². The van der Waals surface area contributed by atoms with Crippen LogP contribution in [0.2, 0.25) is 0 Å². The number of nitro groups is 1. The summed E-state index contributed by atoms with van der Waals surface area (Å²) in [6.07, 6.45) is 0.884. The molecule has 1 rings (SSSR count). The first kappa shape index (κ1) is 16.7. The van der Waals surface area contributed by atoms with E-state index in [0.717, 1.165) is 6.42 Å². The van der Waals surface area contributed by atoms with Crippen LogP contribution in [0.5, 0.6) is 11.5 Å². The highest BCUT2D eigenvalue weighted by atomic mass is 16.6. The monoisotopic (exact) mass is 293 g/mol. The number of hydrogen-bond donors (Lipinski definition) is 2. The number of phenols is 1. The van der Waals surface area contributed by atoms with Crippen LogP contribution in [-0.2, 0) is 0 Å². The van der Waals surface area contributed by atoms with Gasteiger partial charge in [-0.25, -0.2) is 0 Å². The molecule has 0 aliphatic rings. The van der Waals surface area contributed by atoms with Crippen molar-refractivity contribution in [2.24, 2.45) is 5.92 Å². The molecule has 0 saturated heterocycles. The van der Waals surface area contributed by atoms with Gasteiger partial charge in [-0.2, -0.15) is 5.26 Å². The zero-order chi connectivity index (χ0) is 16.0. The van der Waals surface area contributed by atoms with Crippen molar-refractivity contribution in [3.8, 4) is 17.6 Å². The lowest BCUT2D eigenvalue weighted by molar-refractivity contribution is -0.386. The van der Waals surface area contributed by atoms with Gasteiger partial charge in [0, 0.05) is 6.07 Å². The number of nitriles is 1. The fourth-order valence-electron chi connectivity index (χ4n) is 1.83. The van der Waals surface area contributed by atoms with Crippen LogP contribution in [0.25, 0.3) is 0 Å². The molecule has 0 bridgehead atoms. The summed E-state index contributed by atoms with van der Waals surface area (Å²) in [6, 6.07) is 3.98. The molecule has 0 radical (unpaired) electrons. The first-order valence-corrected chi connectivity index (χ1v) is 6.59. The zero-order valence-corrected chi connectivity index (χ0v) is 12.3. The highest BCUT2D eigenvalue weighted by Crippen LogP contribution is 2.38. The maximum absolute atomic E-state index is 10.9. The molecule has 114 valence electrons. The van der Waals surface area contributed by atoms with Crippen molar-refractivity contribution >= 4 is 5.69 Å². The number of nitrogens with zero attached hydrogens (tertiary/aromatic N) is 2. The van der Waals surface area contributed by atoms with Gasteiger partial charge in [-0.15, -0.1) is 0 Å². The molecule has 0 aliphatic heterocycles. The van der Waals surface area contributed by atoms with E-state index in [2.05, 4.69) is 25.2 Å². The van der Waals surface area contributed by atoms with Gasteiger partial charge in [0.1, 0.15) is 6.04 Å². The second-order valence-corrected chi connectivity index (χ2v) is 5.05. The lowest BCUT2D eigenvalue weighted by atomic mass is 10.0. The summed E-state index contributed by atoms with van der Waals surface area (Å²) in [5.41, 5.74) is -0.0853. The Morgan fingerprint density at radius 2 is 2.19 bits per heavy atom. The Labute approximate surface area is 123 Å². The number of ether oxygens (including phenoxy) is 1. The normalized spacial score (nSPS) is 12.0. The van der Waals surface area contributed by atoms with Crippen molar-refractivity contribution < 1.29 is 14.8 Å². The van der Waals surface area contributed by atoms with Crippen LogP contribution in [0.15, 0.2) is 12.1 Å². The summed E-state index contributed by atoms with van der Waals surface area (Å²) in [7, 11) is 1.30. The van der Waals surface area contributed by atoms with Crippen molar-refractivity contribution in [2.75, 3.05) is 13.7 Å². The number of nitrogens with one attached hydrogen (secondary N) is 1. The molecule has 7 heteroatoms. The molecule has 0 fully saturated rings. The molecule has 7 nitrogen and oxygen atoms in total. The summed E-state index contributed by atoms with van der Waals surface area (Å²) in [6.45, 7) is 4.75. The number of phenolic OH excluding ortho intramolecular Hbond substituents is 1. The van der Waals surface area contributed by atoms with Gasteiger partial charge < -0.3 is 9.84 Å². The van der Waals surface area contributed by atoms with Gasteiger partial charge in [0.25, 0.3) is 0 Å². The average Bonchev–Trinajstić information content (AvgIpc) is 2.43. The summed E-state index contributed by atoms with van der Waals surface area (Å²) in [5, 5.41) is 32.9. The molecule has 0 aliphatic carbocycles. The van der Waals surface area contributed by atoms with Crippen LogP contribution >= 0.6 is 0 Å². The molecule has 21 heavy (non-hydrogen) atoms. The largest absolute Gasteiger partial charge is 0.500 e. The van der Waals surface area contributed by atoms with Gasteiger partial charge in [-0.1, -0.05) is 13.8 Å². The van der Waals surface area contributed by atoms with Crippen molar-refractivity contribution in [3.05, 3.63) is 27.8 Å². The summed E-state index contributed by atoms with van der Waals surface area (Å²) in [4.78, 5) is 10.2. The maximum Gasteiger partial charge on any atom is 0.315 e. The van der Waals surface area contributed by atoms with Gasteiger partial charge in [0.2, 0.25) is 5.75 Å². The topological polar surface area (TPSA) is 108 Å². The van der Waals surface area contributed by atoms with Crippen LogP contribution in [-0.4, -0.2) is 23.7 Å². The molecular weight excluding hydrogens is 274 g/mol. The van der Waals surface area contributed by atoms with Crippen LogP contribution < -0.4 is 10.1 Å². The Hall–Kier alpha value is -2.33. The Morgan fingerprint density at radius 3 is 2.67 bits per heavy atom. The molecule has 1 aromatic rings. The maximum atomic E-state index is 10.9. The molecule has 0 aromatic heterocycles. The fourth-order valence-corrected chi connectivity index (χ4v) is 1.83. The third-order valence-electron chi connectivity index (χ3n) is 3.03. The van der Waals surface area contributed by atoms with E-state index in [1.807, 2.05) is 0 Å². The standard InChI is InChI=1S/C14H19N3O4/c1-9(2)4-5-16-11(8-15)10-6-12(17(19)20)14(18)13(7-10)21-3/h6-7,9,11,16,18H,4-5H2,1-3H3. The van der Waals surface area contributed by atoms with E-state index >= 15 is 0 Å². The predicted molar refractivity (Wildman–Crippen MR) is 77.1 cm³/mol. The Kier molecular flexibility index (Phi) is 5.93. The summed E-state index contributed by atoms with van der Waals surface area (Å²) >= 11 is 0. The third-order valence-corrected chi connectivity index (χ3v) is 3.03. The molecule has 0 saturated carbocycles. The fraction of sp³-hybridized carbons (Fsp3) is 0.500. The van der Waals surface area contributed by atoms with Gasteiger partial charge in [-0.3, -0.25) is 15.4 Å². The number of benzene rings is 1. The molecule has 0 heterocycles. The van der Waals surface area contributed by atoms with Crippen LogP contribution in [0, 0.1) is 27.4 Å². The van der Waals surface area contributed by atoms with E-state index in [-0.39, 0.29) is 5.75 Å². The number of hydrogen-bond acceptors (Lipinski definition) is 6. The van der Waals surface area contributed by atoms with E-state index in [1.54, 1.807) is 0 Å². The Bertz CT molecular complexity index is 552. The third kappa shape index (κ3) is 4.33. The van der Waals surface area contributed by atoms with Crippen molar-refractivity contribution in [2.45, 2.75) is 26.3 Å². The smallest absolute Gasteiger partial charge is 0.315 e. The minimum Gasteiger partial charge on any atom is -0.500 e. The van der Waals surface area contributed by atoms with E-state index in [1.165, 1.54) is 19.2 Å². The van der Waals surface area contributed by atoms with Gasteiger partial charge >= 0.3 is 5.69 Å². The van der Waals surface area contributed by atoms with Crippen molar-refractivity contribution in [3.63, 3.8) is 0 Å². The lowest BCUT2D eigenvalue weighted by Gasteiger charge is -2.14. The average molecular weight is 293 g/mol. The minimum atomic E-state index is -0.704. The van der Waals surface area contributed by atoms with E-state index < -0.39 is 22.4 Å². The zero-order valence-electron chi connectivity index (χ0n) is 12.3. The SMILES string of the molecule is COc1cc(C(C#N)NCCC(C)C)cc([N+](=O)[O-])c1O. The summed E-state index contributed by atoms with van der Waals surface area (Å²) < 4.78 is 4.92. The molecule has 2 N–H and O–H groups in total. The molecule has 0 spiro atoms. The van der Waals surface area contributed by atoms with Crippen molar-refractivity contribution in [1.29, 1.82) is 5.26 Å². The van der Waals surface area contributed by atoms with E-state index in [4.69, 9.17) is 4.74 Å². The number of nitro benzene ring substituents is 1. The van der Waals surface area contributed by atoms with E-state index in [0.29, 0.717) is 18.0 Å². The summed E-state index contributed by atoms with van der Waals surface area (Å²) in [5.74, 6) is -0.0734. The molecule has 1 aromatic carbocycles. The quantitative estimate of drug-likeness (QED) is 0.590. The molecule has 1 atom stereocenters. The lowest BCUT2D eigenvalue weighted by Crippen LogP contribution is -2.22. The van der Waals surface area contributed by atoms with E-state index in [9.17, 15) is 20.5 Å². The first-order chi connectivity index (χ1) is 9.90. The minimum absolute atomic E-state index is 0.0230. The van der Waals surface area contributed by atoms with Crippen molar-refractivity contribution in [1.82, 2.24) is 5.32 Å². The molecule has 1 unspecified atom stereocenters. The van der Waals surface area contributed by atoms with Gasteiger partial charge in [0.15, 0.2) is 5.75 Å². The number of methoxy groups -OCH3 is 1. The predicted octanol–water partition coefficient (Wildman–Crippen LogP) is 2.51. The van der Waals surface area contributed by atoms with Gasteiger partial charge in [0.05, 0.1) is 18.1 Å². The molecular formula is C14H19N3O4. The molecule has 0 amide bonds. The first-order valence-electron chi connectivity index (χ1n) is 6.59. The second kappa shape index (κ2) is 7.45. The Balaban J connectivity index is 3.07. The van der Waals surface area contributed by atoms with Crippen LogP contribution in [0.4, 0.5) is 5.69 Å². The number of rotatable bonds is 7. The number of aromatic hydroxyl groups is 1. The van der Waals surface area contributed by atoms with Crippen LogP contribution in [0.3, 0.4) is 0 Å². The highest BCUT2D eigenvalue weighted by Gasteiger charge is 2.23.